The lowest BCUT2D eigenvalue weighted by atomic mass is 10.1. The van der Waals surface area contributed by atoms with E-state index in [-0.39, 0.29) is 6.61 Å². The van der Waals surface area contributed by atoms with Crippen LogP contribution in [0.15, 0.2) is 42.5 Å². The fourth-order valence-corrected chi connectivity index (χ4v) is 1.99. The summed E-state index contributed by atoms with van der Waals surface area (Å²) in [5, 5.41) is 18.7. The van der Waals surface area contributed by atoms with Gasteiger partial charge in [0.05, 0.1) is 6.10 Å². The lowest BCUT2D eigenvalue weighted by Gasteiger charge is -2.15. The van der Waals surface area contributed by atoms with Gasteiger partial charge in [-0.3, -0.25) is 0 Å². The highest BCUT2D eigenvalue weighted by molar-refractivity contribution is 5.42. The van der Waals surface area contributed by atoms with Crippen LogP contribution >= 0.6 is 0 Å². The average Bonchev–Trinajstić information content (AvgIpc) is 2.43. The molecule has 0 saturated heterocycles. The summed E-state index contributed by atoms with van der Waals surface area (Å²) in [6.45, 7) is 1.58. The topological polar surface area (TPSA) is 49.7 Å². The molecule has 106 valence electrons. The lowest BCUT2D eigenvalue weighted by Crippen LogP contribution is -2.00. The Morgan fingerprint density at radius 1 is 1.15 bits per heavy atom. The quantitative estimate of drug-likeness (QED) is 0.881. The zero-order valence-corrected chi connectivity index (χ0v) is 11.2. The molecule has 0 aromatic heterocycles. The normalized spacial score (nSPS) is 12.2. The van der Waals surface area contributed by atoms with Crippen LogP contribution in [0.1, 0.15) is 24.2 Å². The molecule has 0 aliphatic heterocycles. The lowest BCUT2D eigenvalue weighted by molar-refractivity contribution is 0.195. The van der Waals surface area contributed by atoms with Crippen molar-refractivity contribution in [2.45, 2.75) is 19.4 Å². The van der Waals surface area contributed by atoms with Crippen molar-refractivity contribution >= 4 is 0 Å². The molecule has 3 nitrogen and oxygen atoms in total. The highest BCUT2D eigenvalue weighted by Crippen LogP contribution is 2.32. The molecule has 20 heavy (non-hydrogen) atoms. The van der Waals surface area contributed by atoms with Crippen LogP contribution in [0.4, 0.5) is 4.39 Å². The zero-order valence-electron chi connectivity index (χ0n) is 11.2. The maximum Gasteiger partial charge on any atom is 0.133 e. The molecule has 0 spiro atoms. The van der Waals surface area contributed by atoms with Crippen LogP contribution < -0.4 is 4.74 Å². The molecular weight excluding hydrogens is 259 g/mol. The Morgan fingerprint density at radius 2 is 1.90 bits per heavy atom. The number of benzene rings is 2. The summed E-state index contributed by atoms with van der Waals surface area (Å²) >= 11 is 0. The first-order valence-corrected chi connectivity index (χ1v) is 6.46. The van der Waals surface area contributed by atoms with Crippen molar-refractivity contribution in [2.75, 3.05) is 6.61 Å². The summed E-state index contributed by atoms with van der Waals surface area (Å²) in [7, 11) is 0. The molecule has 2 aromatic rings. The Balaban J connectivity index is 2.35. The summed E-state index contributed by atoms with van der Waals surface area (Å²) in [6, 6.07) is 11.4. The van der Waals surface area contributed by atoms with E-state index in [1.807, 2.05) is 18.2 Å². The molecule has 0 radical (unpaired) electrons. The zero-order chi connectivity index (χ0) is 14.5. The molecule has 4 heteroatoms. The van der Waals surface area contributed by atoms with Crippen LogP contribution in [0.25, 0.3) is 0 Å². The Bertz CT molecular complexity index is 582. The van der Waals surface area contributed by atoms with Crippen LogP contribution in [0.5, 0.6) is 11.5 Å². The number of halogens is 1. The molecule has 1 unspecified atom stereocenters. The number of hydrogen-bond acceptors (Lipinski definition) is 3. The van der Waals surface area contributed by atoms with Gasteiger partial charge in [0, 0.05) is 12.2 Å². The van der Waals surface area contributed by atoms with Gasteiger partial charge in [-0.2, -0.15) is 0 Å². The average molecular weight is 276 g/mol. The third-order valence-corrected chi connectivity index (χ3v) is 3.00. The van der Waals surface area contributed by atoms with E-state index in [9.17, 15) is 9.50 Å². The minimum atomic E-state index is -0.828. The van der Waals surface area contributed by atoms with Gasteiger partial charge in [-0.15, -0.1) is 0 Å². The second-order valence-electron chi connectivity index (χ2n) is 4.54. The molecule has 0 saturated carbocycles. The monoisotopic (exact) mass is 276 g/mol. The van der Waals surface area contributed by atoms with E-state index in [1.54, 1.807) is 13.0 Å². The van der Waals surface area contributed by atoms with Crippen LogP contribution in [0.2, 0.25) is 0 Å². The first kappa shape index (κ1) is 14.5. The van der Waals surface area contributed by atoms with Gasteiger partial charge in [0.2, 0.25) is 0 Å². The standard InChI is InChI=1S/C16H17FO3/c1-11(19)14-10-13(17)6-7-16(14)20-15-5-3-2-4-12(15)8-9-18/h2-7,10-11,18-19H,8-9H2,1H3. The second-order valence-corrected chi connectivity index (χ2v) is 4.54. The highest BCUT2D eigenvalue weighted by atomic mass is 19.1. The Labute approximate surface area is 117 Å². The molecule has 0 heterocycles. The first-order chi connectivity index (χ1) is 9.61. The molecular formula is C16H17FO3. The van der Waals surface area contributed by atoms with Gasteiger partial charge in [0.1, 0.15) is 17.3 Å². The molecule has 2 aromatic carbocycles. The van der Waals surface area contributed by atoms with Gasteiger partial charge >= 0.3 is 0 Å². The maximum atomic E-state index is 13.2. The van der Waals surface area contributed by atoms with Gasteiger partial charge in [0.25, 0.3) is 0 Å². The smallest absolute Gasteiger partial charge is 0.133 e. The number of rotatable bonds is 5. The molecule has 0 aliphatic rings. The van der Waals surface area contributed by atoms with E-state index in [4.69, 9.17) is 9.84 Å². The maximum absolute atomic E-state index is 13.2. The number of hydrogen-bond donors (Lipinski definition) is 2. The van der Waals surface area contributed by atoms with E-state index >= 15 is 0 Å². The summed E-state index contributed by atoms with van der Waals surface area (Å²) < 4.78 is 19.0. The van der Waals surface area contributed by atoms with Crippen LogP contribution in [-0.4, -0.2) is 16.8 Å². The van der Waals surface area contributed by atoms with Crippen molar-refractivity contribution in [3.05, 3.63) is 59.4 Å². The minimum absolute atomic E-state index is 0.0209. The predicted molar refractivity (Wildman–Crippen MR) is 74.3 cm³/mol. The van der Waals surface area contributed by atoms with E-state index in [2.05, 4.69) is 0 Å². The minimum Gasteiger partial charge on any atom is -0.457 e. The van der Waals surface area contributed by atoms with Crippen molar-refractivity contribution < 1.29 is 19.3 Å². The largest absolute Gasteiger partial charge is 0.457 e. The summed E-state index contributed by atoms with van der Waals surface area (Å²) in [6.07, 6.45) is -0.354. The van der Waals surface area contributed by atoms with Crippen molar-refractivity contribution in [3.63, 3.8) is 0 Å². The van der Waals surface area contributed by atoms with Crippen LogP contribution in [0, 0.1) is 5.82 Å². The molecule has 0 fully saturated rings. The number of aliphatic hydroxyl groups excluding tert-OH is 2. The number of para-hydroxylation sites is 1. The van der Waals surface area contributed by atoms with Gasteiger partial charge in [-0.25, -0.2) is 4.39 Å². The SMILES string of the molecule is CC(O)c1cc(F)ccc1Oc1ccccc1CCO. The van der Waals surface area contributed by atoms with Gasteiger partial charge in [-0.05, 0) is 43.2 Å². The van der Waals surface area contributed by atoms with Crippen LogP contribution in [-0.2, 0) is 6.42 Å². The van der Waals surface area contributed by atoms with Crippen LogP contribution in [0.3, 0.4) is 0 Å². The summed E-state index contributed by atoms with van der Waals surface area (Å²) in [5.41, 5.74) is 1.25. The van der Waals surface area contributed by atoms with Gasteiger partial charge in [-0.1, -0.05) is 18.2 Å². The Hall–Kier alpha value is -1.91. The van der Waals surface area contributed by atoms with Crippen molar-refractivity contribution in [1.29, 1.82) is 0 Å². The van der Waals surface area contributed by atoms with E-state index in [1.165, 1.54) is 18.2 Å². The highest BCUT2D eigenvalue weighted by Gasteiger charge is 2.13. The van der Waals surface area contributed by atoms with E-state index in [0.29, 0.717) is 23.5 Å². The number of aliphatic hydroxyl groups is 2. The molecule has 0 aliphatic carbocycles. The summed E-state index contributed by atoms with van der Waals surface area (Å²) in [5.74, 6) is 0.582. The molecule has 2 N–H and O–H groups in total. The first-order valence-electron chi connectivity index (χ1n) is 6.46. The third-order valence-electron chi connectivity index (χ3n) is 3.00. The molecule has 1 atom stereocenters. The van der Waals surface area contributed by atoms with Gasteiger partial charge < -0.3 is 14.9 Å². The Morgan fingerprint density at radius 3 is 2.60 bits per heavy atom. The number of ether oxygens (including phenoxy) is 1. The second kappa shape index (κ2) is 6.50. The molecule has 0 bridgehead atoms. The third kappa shape index (κ3) is 3.35. The molecule has 2 rings (SSSR count). The van der Waals surface area contributed by atoms with E-state index in [0.717, 1.165) is 5.56 Å². The summed E-state index contributed by atoms with van der Waals surface area (Å²) in [4.78, 5) is 0. The fourth-order valence-electron chi connectivity index (χ4n) is 1.99. The predicted octanol–water partition coefficient (Wildman–Crippen LogP) is 3.21. The molecule has 0 amide bonds. The Kier molecular flexibility index (Phi) is 4.71. The van der Waals surface area contributed by atoms with Gasteiger partial charge in [0.15, 0.2) is 0 Å². The van der Waals surface area contributed by atoms with E-state index < -0.39 is 11.9 Å². The van der Waals surface area contributed by atoms with Crippen molar-refractivity contribution in [1.82, 2.24) is 0 Å². The fraction of sp³-hybridized carbons (Fsp3) is 0.250. The van der Waals surface area contributed by atoms with Crippen molar-refractivity contribution in [3.8, 4) is 11.5 Å². The van der Waals surface area contributed by atoms with Crippen molar-refractivity contribution in [2.24, 2.45) is 0 Å².